The third-order valence-electron chi connectivity index (χ3n) is 7.98. The number of fused-ring (bicyclic) bond motifs is 4. The monoisotopic (exact) mass is 745 g/mol. The molecule has 1 aliphatic rings. The first-order chi connectivity index (χ1) is 18.1. The summed E-state index contributed by atoms with van der Waals surface area (Å²) >= 11 is 0. The number of aromatic nitrogens is 1. The molecule has 0 atom stereocenters. The van der Waals surface area contributed by atoms with Gasteiger partial charge in [0.1, 0.15) is 0 Å². The molecule has 6 heteroatoms. The Morgan fingerprint density at radius 3 is 2.17 bits per heavy atom. The number of pyridine rings is 1. The Kier molecular flexibility index (Phi) is 9.52. The van der Waals surface area contributed by atoms with Crippen LogP contribution >= 0.6 is 0 Å². The molecule has 1 aliphatic heterocycles. The summed E-state index contributed by atoms with van der Waals surface area (Å²) in [6.07, 6.45) is 3.20. The summed E-state index contributed by atoms with van der Waals surface area (Å²) in [5.41, 5.74) is 3.61. The van der Waals surface area contributed by atoms with Crippen LogP contribution in [0.4, 0.5) is 0 Å². The second-order valence-corrected chi connectivity index (χ2v) is 22.9. The smallest absolute Gasteiger partial charge is 0.155 e. The molecule has 4 aromatic rings. The first-order valence-corrected chi connectivity index (χ1v) is 20.3. The second-order valence-electron chi connectivity index (χ2n) is 13.3. The van der Waals surface area contributed by atoms with E-state index in [1.54, 1.807) is 10.4 Å². The number of aliphatic hydroxyl groups excluding tert-OH is 1. The first kappa shape index (κ1) is 32.1. The van der Waals surface area contributed by atoms with Gasteiger partial charge in [0.15, 0.2) is 5.78 Å². The number of rotatable bonds is 2. The molecular weight excluding hydrogens is 703 g/mol. The Bertz CT molecular complexity index is 1600. The molecule has 0 spiro atoms. The number of carbonyl (C=O) groups is 1. The molecular formula is C34H42IrNO2Si2-. The molecule has 2 heterocycles. The van der Waals surface area contributed by atoms with Gasteiger partial charge in [-0.15, -0.1) is 29.1 Å². The zero-order chi connectivity index (χ0) is 28.8. The van der Waals surface area contributed by atoms with Gasteiger partial charge < -0.3 is 5.11 Å². The number of hydrogen-bond acceptors (Lipinski definition) is 3. The van der Waals surface area contributed by atoms with Crippen molar-refractivity contribution in [3.63, 3.8) is 0 Å². The number of nitrogens with zero attached hydrogens (tertiary/aromatic N) is 1. The third kappa shape index (κ3) is 6.57. The SMILES string of the molecule is CC(=O)/C=C(/C)O.CC(C)(C)c1cc(-c2nccc3c4c(ccc23)[Si](C)(C)CC[Si]4(C)C)[c-]c2ccccc12.[Ir]. The van der Waals surface area contributed by atoms with Crippen LogP contribution in [0.3, 0.4) is 0 Å². The molecule has 5 rings (SSSR count). The molecule has 0 unspecified atom stereocenters. The van der Waals surface area contributed by atoms with Crippen LogP contribution in [0, 0.1) is 6.07 Å². The standard InChI is InChI=1S/C29H34NSi2.C5H8O2.Ir/c1-29(2,3)25-19-21(18-20-10-8-9-11-22(20)25)27-23-12-13-26-28(24(23)14-15-30-27)32(6,7)17-16-31(26,4)5;1-4(6)3-5(2)7;/h8-15,19H,16-17H2,1-7H3;3,6H,1-2H3;/q-1;;/b;4-3-;. The number of benzene rings is 3. The summed E-state index contributed by atoms with van der Waals surface area (Å²) in [7, 11) is -2.85. The van der Waals surface area contributed by atoms with Crippen LogP contribution in [-0.2, 0) is 30.3 Å². The topological polar surface area (TPSA) is 50.2 Å². The quantitative estimate of drug-likeness (QED) is 0.0980. The van der Waals surface area contributed by atoms with E-state index < -0.39 is 16.1 Å². The van der Waals surface area contributed by atoms with Crippen molar-refractivity contribution in [3.05, 3.63) is 78.2 Å². The second kappa shape index (κ2) is 11.9. The largest absolute Gasteiger partial charge is 0.512 e. The molecule has 213 valence electrons. The Hall–Kier alpha value is -2.38. The molecule has 3 aromatic carbocycles. The van der Waals surface area contributed by atoms with E-state index in [4.69, 9.17) is 10.1 Å². The molecule has 1 radical (unpaired) electrons. The number of allylic oxidation sites excluding steroid dienone is 2. The molecule has 0 saturated heterocycles. The van der Waals surface area contributed by atoms with Crippen LogP contribution in [0.25, 0.3) is 32.8 Å². The first-order valence-electron chi connectivity index (χ1n) is 13.9. The van der Waals surface area contributed by atoms with Crippen molar-refractivity contribution in [1.29, 1.82) is 0 Å². The molecule has 0 bridgehead atoms. The molecule has 3 nitrogen and oxygen atoms in total. The predicted molar refractivity (Wildman–Crippen MR) is 173 cm³/mol. The fraction of sp³-hybridized carbons (Fsp3) is 0.353. The van der Waals surface area contributed by atoms with E-state index in [0.717, 1.165) is 11.3 Å². The molecule has 0 aliphatic carbocycles. The molecule has 0 amide bonds. The molecule has 1 aromatic heterocycles. The van der Waals surface area contributed by atoms with E-state index in [9.17, 15) is 4.79 Å². The fourth-order valence-electron chi connectivity index (χ4n) is 5.92. The van der Waals surface area contributed by atoms with Gasteiger partial charge in [-0.3, -0.25) is 9.78 Å². The number of ketones is 1. The number of carbonyl (C=O) groups excluding carboxylic acids is 1. The van der Waals surface area contributed by atoms with Crippen molar-refractivity contribution < 1.29 is 30.0 Å². The van der Waals surface area contributed by atoms with Gasteiger partial charge in [-0.05, 0) is 36.1 Å². The van der Waals surface area contributed by atoms with Crippen LogP contribution < -0.4 is 10.4 Å². The predicted octanol–water partition coefficient (Wildman–Crippen LogP) is 8.03. The van der Waals surface area contributed by atoms with Gasteiger partial charge in [-0.1, -0.05) is 111 Å². The van der Waals surface area contributed by atoms with Gasteiger partial charge in [0.2, 0.25) is 0 Å². The van der Waals surface area contributed by atoms with Gasteiger partial charge in [-0.2, -0.15) is 0 Å². The summed E-state index contributed by atoms with van der Waals surface area (Å²) in [4.78, 5) is 15.0. The Morgan fingerprint density at radius 1 is 0.925 bits per heavy atom. The van der Waals surface area contributed by atoms with Crippen molar-refractivity contribution >= 4 is 53.8 Å². The van der Waals surface area contributed by atoms with Crippen molar-refractivity contribution in [2.45, 2.75) is 78.3 Å². The maximum atomic E-state index is 10.0. The Morgan fingerprint density at radius 2 is 1.57 bits per heavy atom. The summed E-state index contributed by atoms with van der Waals surface area (Å²) < 4.78 is 0. The Balaban J connectivity index is 0.000000492. The van der Waals surface area contributed by atoms with Crippen molar-refractivity contribution in [3.8, 4) is 11.3 Å². The van der Waals surface area contributed by atoms with E-state index in [2.05, 4.69) is 102 Å². The third-order valence-corrected chi connectivity index (χ3v) is 15.5. The summed E-state index contributed by atoms with van der Waals surface area (Å²) in [5.74, 6) is -0.0625. The zero-order valence-corrected chi connectivity index (χ0v) is 29.7. The molecule has 0 fully saturated rings. The zero-order valence-electron chi connectivity index (χ0n) is 25.3. The summed E-state index contributed by atoms with van der Waals surface area (Å²) in [5, 5.41) is 17.0. The van der Waals surface area contributed by atoms with E-state index in [1.165, 1.54) is 59.1 Å². The minimum atomic E-state index is -1.48. The van der Waals surface area contributed by atoms with Gasteiger partial charge in [0.25, 0.3) is 0 Å². The van der Waals surface area contributed by atoms with Crippen LogP contribution in [-0.4, -0.2) is 32.0 Å². The average Bonchev–Trinajstić information content (AvgIpc) is 2.84. The van der Waals surface area contributed by atoms with Crippen molar-refractivity contribution in [2.24, 2.45) is 0 Å². The molecule has 1 N–H and O–H groups in total. The van der Waals surface area contributed by atoms with E-state index in [1.807, 2.05) is 6.20 Å². The van der Waals surface area contributed by atoms with Crippen LogP contribution in [0.2, 0.25) is 38.3 Å². The maximum absolute atomic E-state index is 10.0. The van der Waals surface area contributed by atoms with E-state index >= 15 is 0 Å². The van der Waals surface area contributed by atoms with E-state index in [0.29, 0.717) is 0 Å². The molecule has 40 heavy (non-hydrogen) atoms. The molecule has 0 saturated carbocycles. The van der Waals surface area contributed by atoms with E-state index in [-0.39, 0.29) is 37.1 Å². The van der Waals surface area contributed by atoms with Crippen LogP contribution in [0.1, 0.15) is 40.2 Å². The normalized spacial score (nSPS) is 16.0. The Labute approximate surface area is 255 Å². The maximum Gasteiger partial charge on any atom is 0.155 e. The number of aliphatic hydroxyl groups is 1. The average molecular weight is 745 g/mol. The van der Waals surface area contributed by atoms with Crippen molar-refractivity contribution in [1.82, 2.24) is 4.98 Å². The van der Waals surface area contributed by atoms with Gasteiger partial charge >= 0.3 is 0 Å². The minimum absolute atomic E-state index is 0. The van der Waals surface area contributed by atoms with Crippen LogP contribution in [0.5, 0.6) is 0 Å². The van der Waals surface area contributed by atoms with Gasteiger partial charge in [0.05, 0.1) is 21.9 Å². The van der Waals surface area contributed by atoms with Crippen LogP contribution in [0.15, 0.2) is 66.6 Å². The van der Waals surface area contributed by atoms with Crippen molar-refractivity contribution in [2.75, 3.05) is 0 Å². The summed E-state index contributed by atoms with van der Waals surface area (Å²) in [6.45, 7) is 20.0. The number of hydrogen-bond donors (Lipinski definition) is 1. The van der Waals surface area contributed by atoms with Gasteiger partial charge in [-0.25, -0.2) is 0 Å². The fourth-order valence-corrected chi connectivity index (χ4v) is 16.6. The van der Waals surface area contributed by atoms with Gasteiger partial charge in [0, 0.05) is 38.1 Å². The minimum Gasteiger partial charge on any atom is -0.512 e. The summed E-state index contributed by atoms with van der Waals surface area (Å²) in [6, 6.07) is 24.7.